The van der Waals surface area contributed by atoms with Gasteiger partial charge < -0.3 is 10.5 Å². The Kier molecular flexibility index (Phi) is 3.75. The molecule has 0 aromatic heterocycles. The van der Waals surface area contributed by atoms with Crippen molar-refractivity contribution in [2.75, 3.05) is 0 Å². The summed E-state index contributed by atoms with van der Waals surface area (Å²) in [5, 5.41) is 0.873. The molecule has 2 aromatic carbocycles. The number of primary amides is 1. The minimum absolute atomic E-state index is 0.295. The fourth-order valence-electron chi connectivity index (χ4n) is 1.44. The Labute approximate surface area is 114 Å². The second kappa shape index (κ2) is 5.29. The van der Waals surface area contributed by atoms with Crippen molar-refractivity contribution in [2.45, 2.75) is 0 Å². The number of benzene rings is 2. The van der Waals surface area contributed by atoms with Crippen LogP contribution in [0.15, 0.2) is 42.5 Å². The monoisotopic (exact) mass is 281 g/mol. The van der Waals surface area contributed by atoms with Gasteiger partial charge in [0, 0.05) is 5.02 Å². The first-order valence-electron chi connectivity index (χ1n) is 5.09. The first kappa shape index (κ1) is 12.7. The molecule has 2 aromatic rings. The van der Waals surface area contributed by atoms with Crippen LogP contribution in [0.5, 0.6) is 11.5 Å². The van der Waals surface area contributed by atoms with E-state index in [-0.39, 0.29) is 0 Å². The van der Waals surface area contributed by atoms with Crippen LogP contribution in [0.25, 0.3) is 0 Å². The fraction of sp³-hybridized carbons (Fsp3) is 0. The highest BCUT2D eigenvalue weighted by Crippen LogP contribution is 2.32. The number of hydrogen-bond acceptors (Lipinski definition) is 2. The number of carbonyl (C=O) groups is 1. The van der Waals surface area contributed by atoms with Gasteiger partial charge in [0.15, 0.2) is 0 Å². The van der Waals surface area contributed by atoms with Crippen LogP contribution >= 0.6 is 23.2 Å². The Morgan fingerprint density at radius 2 is 1.78 bits per heavy atom. The predicted molar refractivity (Wildman–Crippen MR) is 71.5 cm³/mol. The van der Waals surface area contributed by atoms with Crippen molar-refractivity contribution in [3.05, 3.63) is 58.1 Å². The summed E-state index contributed by atoms with van der Waals surface area (Å²) in [4.78, 5) is 11.2. The second-order valence-corrected chi connectivity index (χ2v) is 4.38. The van der Waals surface area contributed by atoms with Crippen molar-refractivity contribution in [3.63, 3.8) is 0 Å². The van der Waals surface area contributed by atoms with E-state index in [0.29, 0.717) is 27.1 Å². The zero-order valence-corrected chi connectivity index (χ0v) is 10.7. The van der Waals surface area contributed by atoms with Crippen LogP contribution in [-0.2, 0) is 0 Å². The Balaban J connectivity index is 2.37. The van der Waals surface area contributed by atoms with Gasteiger partial charge in [0.05, 0.1) is 10.6 Å². The molecule has 2 N–H and O–H groups in total. The van der Waals surface area contributed by atoms with Crippen LogP contribution in [-0.4, -0.2) is 5.91 Å². The lowest BCUT2D eigenvalue weighted by Gasteiger charge is -2.10. The van der Waals surface area contributed by atoms with E-state index in [4.69, 9.17) is 33.7 Å². The normalized spacial score (nSPS) is 10.1. The number of nitrogens with two attached hydrogens (primary N) is 1. The van der Waals surface area contributed by atoms with E-state index in [1.54, 1.807) is 42.5 Å². The molecule has 2 rings (SSSR count). The lowest BCUT2D eigenvalue weighted by Crippen LogP contribution is -2.12. The van der Waals surface area contributed by atoms with E-state index < -0.39 is 5.91 Å². The predicted octanol–water partition coefficient (Wildman–Crippen LogP) is 3.88. The summed E-state index contributed by atoms with van der Waals surface area (Å²) in [7, 11) is 0. The minimum atomic E-state index is -0.560. The van der Waals surface area contributed by atoms with Crippen molar-refractivity contribution in [1.82, 2.24) is 0 Å². The van der Waals surface area contributed by atoms with Gasteiger partial charge in [-0.15, -0.1) is 0 Å². The standard InChI is InChI=1S/C13H9Cl2NO2/c14-8-5-6-12(10(15)7-8)18-11-4-2-1-3-9(11)13(16)17/h1-7H,(H2,16,17). The van der Waals surface area contributed by atoms with Gasteiger partial charge in [-0.2, -0.15) is 0 Å². The molecule has 0 saturated heterocycles. The van der Waals surface area contributed by atoms with Crippen LogP contribution < -0.4 is 10.5 Å². The quantitative estimate of drug-likeness (QED) is 0.928. The number of rotatable bonds is 3. The average molecular weight is 282 g/mol. The van der Waals surface area contributed by atoms with Crippen LogP contribution in [0, 0.1) is 0 Å². The van der Waals surface area contributed by atoms with E-state index in [9.17, 15) is 4.79 Å². The molecule has 3 nitrogen and oxygen atoms in total. The third-order valence-electron chi connectivity index (χ3n) is 2.27. The summed E-state index contributed by atoms with van der Waals surface area (Å²) in [5.41, 5.74) is 5.55. The molecule has 0 unspecified atom stereocenters. The van der Waals surface area contributed by atoms with E-state index in [0.717, 1.165) is 0 Å². The van der Waals surface area contributed by atoms with E-state index >= 15 is 0 Å². The average Bonchev–Trinajstić information content (AvgIpc) is 2.33. The largest absolute Gasteiger partial charge is 0.455 e. The molecule has 1 amide bonds. The SMILES string of the molecule is NC(=O)c1ccccc1Oc1ccc(Cl)cc1Cl. The lowest BCUT2D eigenvalue weighted by molar-refractivity contribution is 0.0998. The molecular formula is C13H9Cl2NO2. The van der Waals surface area contributed by atoms with E-state index in [2.05, 4.69) is 0 Å². The van der Waals surface area contributed by atoms with Gasteiger partial charge in [0.25, 0.3) is 5.91 Å². The molecule has 0 spiro atoms. The molecule has 0 atom stereocenters. The number of para-hydroxylation sites is 1. The van der Waals surface area contributed by atoms with Gasteiger partial charge in [-0.1, -0.05) is 35.3 Å². The van der Waals surface area contributed by atoms with Crippen LogP contribution in [0.2, 0.25) is 10.0 Å². The summed E-state index contributed by atoms with van der Waals surface area (Å²) < 4.78 is 5.57. The molecule has 0 saturated carbocycles. The zero-order chi connectivity index (χ0) is 13.1. The molecule has 92 valence electrons. The highest BCUT2D eigenvalue weighted by atomic mass is 35.5. The van der Waals surface area contributed by atoms with Gasteiger partial charge in [-0.3, -0.25) is 4.79 Å². The minimum Gasteiger partial charge on any atom is -0.455 e. The summed E-state index contributed by atoms with van der Waals surface area (Å²) in [6, 6.07) is 11.5. The van der Waals surface area contributed by atoms with Crippen LogP contribution in [0.4, 0.5) is 0 Å². The third kappa shape index (κ3) is 2.75. The molecule has 0 bridgehead atoms. The van der Waals surface area contributed by atoms with Crippen LogP contribution in [0.1, 0.15) is 10.4 Å². The Bertz CT molecular complexity index is 599. The summed E-state index contributed by atoms with van der Waals surface area (Å²) in [5.74, 6) is 0.208. The van der Waals surface area contributed by atoms with Crippen molar-refractivity contribution in [2.24, 2.45) is 5.73 Å². The zero-order valence-electron chi connectivity index (χ0n) is 9.19. The molecule has 0 radical (unpaired) electrons. The number of ether oxygens (including phenoxy) is 1. The maximum Gasteiger partial charge on any atom is 0.252 e. The summed E-state index contributed by atoms with van der Waals surface area (Å²) in [6.45, 7) is 0. The topological polar surface area (TPSA) is 52.3 Å². The molecule has 0 aliphatic carbocycles. The van der Waals surface area contributed by atoms with Crippen molar-refractivity contribution < 1.29 is 9.53 Å². The van der Waals surface area contributed by atoms with Gasteiger partial charge >= 0.3 is 0 Å². The number of hydrogen-bond donors (Lipinski definition) is 1. The maximum absolute atomic E-state index is 11.2. The second-order valence-electron chi connectivity index (χ2n) is 3.54. The van der Waals surface area contributed by atoms with Crippen molar-refractivity contribution in [1.29, 1.82) is 0 Å². The molecule has 5 heteroatoms. The van der Waals surface area contributed by atoms with E-state index in [1.807, 2.05) is 0 Å². The molecule has 0 heterocycles. The van der Waals surface area contributed by atoms with Gasteiger partial charge in [0.1, 0.15) is 11.5 Å². The van der Waals surface area contributed by atoms with Gasteiger partial charge in [0.2, 0.25) is 0 Å². The Hall–Kier alpha value is -1.71. The highest BCUT2D eigenvalue weighted by Gasteiger charge is 2.11. The lowest BCUT2D eigenvalue weighted by atomic mass is 10.2. The van der Waals surface area contributed by atoms with Gasteiger partial charge in [-0.05, 0) is 30.3 Å². The number of amides is 1. The first-order valence-corrected chi connectivity index (χ1v) is 5.85. The Morgan fingerprint density at radius 1 is 1.06 bits per heavy atom. The number of halogens is 2. The smallest absolute Gasteiger partial charge is 0.252 e. The molecule has 18 heavy (non-hydrogen) atoms. The molecule has 0 aliphatic heterocycles. The molecule has 0 aliphatic rings. The number of carbonyl (C=O) groups excluding carboxylic acids is 1. The van der Waals surface area contributed by atoms with E-state index in [1.165, 1.54) is 0 Å². The molecule has 0 fully saturated rings. The van der Waals surface area contributed by atoms with Crippen molar-refractivity contribution in [3.8, 4) is 11.5 Å². The van der Waals surface area contributed by atoms with Crippen molar-refractivity contribution >= 4 is 29.1 Å². The highest BCUT2D eigenvalue weighted by molar-refractivity contribution is 6.35. The van der Waals surface area contributed by atoms with Gasteiger partial charge in [-0.25, -0.2) is 0 Å². The summed E-state index contributed by atoms with van der Waals surface area (Å²) >= 11 is 11.8. The Morgan fingerprint density at radius 3 is 2.44 bits per heavy atom. The third-order valence-corrected chi connectivity index (χ3v) is 2.80. The van der Waals surface area contributed by atoms with Crippen LogP contribution in [0.3, 0.4) is 0 Å². The molecular weight excluding hydrogens is 273 g/mol. The maximum atomic E-state index is 11.2. The first-order chi connectivity index (χ1) is 8.58. The fourth-order valence-corrected chi connectivity index (χ4v) is 1.88. The summed E-state index contributed by atoms with van der Waals surface area (Å²) in [6.07, 6.45) is 0.